The molecule has 1 aromatic carbocycles. The van der Waals surface area contributed by atoms with E-state index in [0.29, 0.717) is 5.02 Å². The van der Waals surface area contributed by atoms with Crippen LogP contribution in [0, 0.1) is 5.41 Å². The number of carbonyl (C=O) groups is 2. The minimum atomic E-state index is -0.618. The summed E-state index contributed by atoms with van der Waals surface area (Å²) in [6.45, 7) is 7.20. The molecule has 1 rings (SSSR count). The molecule has 1 N–H and O–H groups in total. The number of hydrogen-bond donors (Lipinski definition) is 1. The van der Waals surface area contributed by atoms with Gasteiger partial charge in [-0.15, -0.1) is 0 Å². The molecule has 128 valence electrons. The van der Waals surface area contributed by atoms with Crippen molar-refractivity contribution < 1.29 is 14.3 Å². The average Bonchev–Trinajstić information content (AvgIpc) is 2.38. The lowest BCUT2D eigenvalue weighted by Gasteiger charge is -2.26. The number of nitrogens with zero attached hydrogens (tertiary/aromatic N) is 1. The Morgan fingerprint density at radius 1 is 1.26 bits per heavy atom. The maximum Gasteiger partial charge on any atom is 0.340 e. The first-order valence-electron chi connectivity index (χ1n) is 7.09. The largest absolute Gasteiger partial charge is 0.465 e. The number of esters is 1. The molecule has 1 aromatic rings. The molecule has 5 nitrogen and oxygen atoms in total. The van der Waals surface area contributed by atoms with E-state index >= 15 is 0 Å². The van der Waals surface area contributed by atoms with Gasteiger partial charge in [0.25, 0.3) is 0 Å². The van der Waals surface area contributed by atoms with Crippen molar-refractivity contribution in [2.75, 3.05) is 32.6 Å². The Balaban J connectivity index is 2.92. The molecule has 0 bridgehead atoms. The Labute approximate surface area is 146 Å². The number of methoxy groups -OCH3 is 1. The second kappa shape index (κ2) is 7.99. The molecule has 0 aliphatic carbocycles. The van der Waals surface area contributed by atoms with Crippen molar-refractivity contribution in [3.05, 3.63) is 27.7 Å². The van der Waals surface area contributed by atoms with Crippen LogP contribution in [0.2, 0.25) is 10.0 Å². The van der Waals surface area contributed by atoms with Crippen LogP contribution < -0.4 is 5.32 Å². The molecule has 0 atom stereocenters. The van der Waals surface area contributed by atoms with Gasteiger partial charge in [0.2, 0.25) is 5.91 Å². The first-order chi connectivity index (χ1) is 10.5. The summed E-state index contributed by atoms with van der Waals surface area (Å²) in [4.78, 5) is 25.9. The maximum atomic E-state index is 12.2. The second-order valence-electron chi connectivity index (χ2n) is 6.58. The predicted molar refractivity (Wildman–Crippen MR) is 93.4 cm³/mol. The number of nitrogens with one attached hydrogen (secondary N) is 1. The molecule has 0 spiro atoms. The minimum absolute atomic E-state index is 0.0735. The Morgan fingerprint density at radius 2 is 1.87 bits per heavy atom. The second-order valence-corrected chi connectivity index (χ2v) is 7.43. The van der Waals surface area contributed by atoms with Crippen LogP contribution in [0.1, 0.15) is 31.1 Å². The smallest absolute Gasteiger partial charge is 0.340 e. The first kappa shape index (κ1) is 19.7. The molecule has 0 aliphatic heterocycles. The van der Waals surface area contributed by atoms with E-state index in [2.05, 4.69) is 26.1 Å². The lowest BCUT2D eigenvalue weighted by atomic mass is 9.96. The number of ether oxygens (including phenoxy) is 1. The maximum absolute atomic E-state index is 12.2. The van der Waals surface area contributed by atoms with Crippen LogP contribution in [0.4, 0.5) is 5.69 Å². The molecule has 0 radical (unpaired) electrons. The Kier molecular flexibility index (Phi) is 6.86. The fraction of sp³-hybridized carbons (Fsp3) is 0.500. The van der Waals surface area contributed by atoms with Crippen LogP contribution >= 0.6 is 23.2 Å². The molecule has 0 saturated heterocycles. The number of halogens is 2. The molecular weight excluding hydrogens is 339 g/mol. The van der Waals surface area contributed by atoms with Crippen molar-refractivity contribution in [2.45, 2.75) is 20.8 Å². The van der Waals surface area contributed by atoms with Crippen LogP contribution in [0.25, 0.3) is 0 Å². The summed E-state index contributed by atoms with van der Waals surface area (Å²) in [5, 5.41) is 3.14. The van der Waals surface area contributed by atoms with Gasteiger partial charge in [0.1, 0.15) is 0 Å². The van der Waals surface area contributed by atoms with Gasteiger partial charge in [0.15, 0.2) is 0 Å². The standard InChI is InChI=1S/C16H22Cl2N2O3/c1-16(2,3)9-20(4)8-13(21)19-14-11(15(22)23-5)6-10(17)7-12(14)18/h6-7H,8-9H2,1-5H3,(H,19,21). The van der Waals surface area contributed by atoms with E-state index in [1.165, 1.54) is 19.2 Å². The highest BCUT2D eigenvalue weighted by molar-refractivity contribution is 6.37. The first-order valence-corrected chi connectivity index (χ1v) is 7.85. The zero-order chi connectivity index (χ0) is 17.8. The summed E-state index contributed by atoms with van der Waals surface area (Å²) in [5.41, 5.74) is 0.401. The number of benzene rings is 1. The van der Waals surface area contributed by atoms with Crippen molar-refractivity contribution in [3.63, 3.8) is 0 Å². The van der Waals surface area contributed by atoms with Gasteiger partial charge in [-0.25, -0.2) is 4.79 Å². The molecular formula is C16H22Cl2N2O3. The molecule has 0 aromatic heterocycles. The highest BCUT2D eigenvalue weighted by atomic mass is 35.5. The molecule has 23 heavy (non-hydrogen) atoms. The fourth-order valence-electron chi connectivity index (χ4n) is 2.26. The minimum Gasteiger partial charge on any atom is -0.465 e. The Bertz CT molecular complexity index is 598. The van der Waals surface area contributed by atoms with Crippen LogP contribution in [0.15, 0.2) is 12.1 Å². The van der Waals surface area contributed by atoms with Crippen molar-refractivity contribution >= 4 is 40.8 Å². The number of carbonyl (C=O) groups excluding carboxylic acids is 2. The van der Waals surface area contributed by atoms with E-state index in [1.807, 2.05) is 11.9 Å². The van der Waals surface area contributed by atoms with E-state index in [4.69, 9.17) is 27.9 Å². The van der Waals surface area contributed by atoms with Gasteiger partial charge in [-0.1, -0.05) is 44.0 Å². The zero-order valence-corrected chi connectivity index (χ0v) is 15.5. The molecule has 0 unspecified atom stereocenters. The average molecular weight is 361 g/mol. The third-order valence-electron chi connectivity index (χ3n) is 2.88. The van der Waals surface area contributed by atoms with Crippen LogP contribution in [-0.2, 0) is 9.53 Å². The lowest BCUT2D eigenvalue weighted by Crippen LogP contribution is -2.36. The molecule has 0 aliphatic rings. The number of likely N-dealkylation sites (N-methyl/N-ethyl adjacent to an activating group) is 1. The third-order valence-corrected chi connectivity index (χ3v) is 3.40. The topological polar surface area (TPSA) is 58.6 Å². The van der Waals surface area contributed by atoms with E-state index in [9.17, 15) is 9.59 Å². The highest BCUT2D eigenvalue weighted by Crippen LogP contribution is 2.30. The quantitative estimate of drug-likeness (QED) is 0.813. The normalized spacial score (nSPS) is 11.5. The number of rotatable bonds is 5. The van der Waals surface area contributed by atoms with Crippen molar-refractivity contribution in [3.8, 4) is 0 Å². The van der Waals surface area contributed by atoms with Gasteiger partial charge < -0.3 is 10.1 Å². The van der Waals surface area contributed by atoms with E-state index < -0.39 is 5.97 Å². The zero-order valence-electron chi connectivity index (χ0n) is 14.0. The summed E-state index contributed by atoms with van der Waals surface area (Å²) in [6, 6.07) is 2.87. The van der Waals surface area contributed by atoms with E-state index in [0.717, 1.165) is 6.54 Å². The van der Waals surface area contributed by atoms with Crippen molar-refractivity contribution in [1.82, 2.24) is 4.90 Å². The Hall–Kier alpha value is -1.30. The Morgan fingerprint density at radius 3 is 2.39 bits per heavy atom. The van der Waals surface area contributed by atoms with Crippen LogP contribution in [-0.4, -0.2) is 44.0 Å². The summed E-state index contributed by atoms with van der Waals surface area (Å²) >= 11 is 12.0. The number of amides is 1. The summed E-state index contributed by atoms with van der Waals surface area (Å²) in [7, 11) is 3.11. The van der Waals surface area contributed by atoms with Gasteiger partial charge in [0, 0.05) is 11.6 Å². The molecule has 7 heteroatoms. The van der Waals surface area contributed by atoms with Gasteiger partial charge >= 0.3 is 5.97 Å². The predicted octanol–water partition coefficient (Wildman–Crippen LogP) is 3.70. The molecule has 1 amide bonds. The number of anilines is 1. The molecule has 0 heterocycles. The van der Waals surface area contributed by atoms with Gasteiger partial charge in [-0.05, 0) is 24.6 Å². The molecule has 0 saturated carbocycles. The van der Waals surface area contributed by atoms with Gasteiger partial charge in [0.05, 0.1) is 29.9 Å². The third kappa shape index (κ3) is 6.37. The van der Waals surface area contributed by atoms with Crippen molar-refractivity contribution in [2.24, 2.45) is 5.41 Å². The summed E-state index contributed by atoms with van der Waals surface area (Å²) in [6.07, 6.45) is 0. The monoisotopic (exact) mass is 360 g/mol. The summed E-state index contributed by atoms with van der Waals surface area (Å²) < 4.78 is 4.70. The van der Waals surface area contributed by atoms with Gasteiger partial charge in [-0.2, -0.15) is 0 Å². The highest BCUT2D eigenvalue weighted by Gasteiger charge is 2.20. The fourth-order valence-corrected chi connectivity index (χ4v) is 2.80. The van der Waals surface area contributed by atoms with Crippen LogP contribution in [0.5, 0.6) is 0 Å². The SMILES string of the molecule is COC(=O)c1cc(Cl)cc(Cl)c1NC(=O)CN(C)CC(C)(C)C. The van der Waals surface area contributed by atoms with E-state index in [-0.39, 0.29) is 34.1 Å². The number of hydrogen-bond acceptors (Lipinski definition) is 4. The lowest BCUT2D eigenvalue weighted by molar-refractivity contribution is -0.117. The van der Waals surface area contributed by atoms with Gasteiger partial charge in [-0.3, -0.25) is 9.69 Å². The van der Waals surface area contributed by atoms with Crippen LogP contribution in [0.3, 0.4) is 0 Å². The van der Waals surface area contributed by atoms with E-state index in [1.54, 1.807) is 0 Å². The molecule has 0 fully saturated rings. The van der Waals surface area contributed by atoms with Crippen molar-refractivity contribution in [1.29, 1.82) is 0 Å². The summed E-state index contributed by atoms with van der Waals surface area (Å²) in [5.74, 6) is -0.890.